The van der Waals surface area contributed by atoms with E-state index in [-0.39, 0.29) is 17.3 Å². The average molecular weight is 360 g/mol. The third kappa shape index (κ3) is 3.83. The molecule has 1 unspecified atom stereocenters. The summed E-state index contributed by atoms with van der Waals surface area (Å²) >= 11 is 0. The Morgan fingerprint density at radius 3 is 2.48 bits per heavy atom. The predicted octanol–water partition coefficient (Wildman–Crippen LogP) is 2.49. The number of benzene rings is 2. The summed E-state index contributed by atoms with van der Waals surface area (Å²) in [6, 6.07) is 13.7. The molecule has 0 aliphatic carbocycles. The topological polar surface area (TPSA) is 84.5 Å². The molecule has 132 valence electrons. The largest absolute Gasteiger partial charge is 0.477 e. The van der Waals surface area contributed by atoms with Gasteiger partial charge in [0.05, 0.1) is 17.1 Å². The zero-order valence-electron chi connectivity index (χ0n) is 14.0. The lowest BCUT2D eigenvalue weighted by Gasteiger charge is -2.25. The Labute approximate surface area is 147 Å². The van der Waals surface area contributed by atoms with Gasteiger partial charge in [-0.2, -0.15) is 0 Å². The molecule has 7 heteroatoms. The highest BCUT2D eigenvalue weighted by Crippen LogP contribution is 2.28. The first-order valence-electron chi connectivity index (χ1n) is 8.03. The van der Waals surface area contributed by atoms with Crippen LogP contribution in [0.25, 0.3) is 0 Å². The number of nitrogens with one attached hydrogen (secondary N) is 2. The number of rotatable bonds is 5. The number of amides is 1. The van der Waals surface area contributed by atoms with Crippen molar-refractivity contribution < 1.29 is 17.9 Å². The second-order valence-electron chi connectivity index (χ2n) is 6.17. The van der Waals surface area contributed by atoms with E-state index < -0.39 is 16.1 Å². The van der Waals surface area contributed by atoms with E-state index in [0.717, 1.165) is 5.56 Å². The molecule has 0 radical (unpaired) electrons. The Bertz CT molecular complexity index is 876. The summed E-state index contributed by atoms with van der Waals surface area (Å²) in [4.78, 5) is 12.2. The highest BCUT2D eigenvalue weighted by Gasteiger charge is 2.29. The molecule has 1 aliphatic heterocycles. The molecule has 2 N–H and O–H groups in total. The van der Waals surface area contributed by atoms with Crippen LogP contribution in [0.5, 0.6) is 5.75 Å². The van der Waals surface area contributed by atoms with E-state index in [4.69, 9.17) is 4.74 Å². The maximum Gasteiger partial charge on any atom is 0.266 e. The van der Waals surface area contributed by atoms with Gasteiger partial charge in [0.25, 0.3) is 5.91 Å². The van der Waals surface area contributed by atoms with Gasteiger partial charge in [-0.05, 0) is 35.7 Å². The van der Waals surface area contributed by atoms with Gasteiger partial charge in [-0.15, -0.1) is 0 Å². The molecule has 2 aromatic carbocycles. The van der Waals surface area contributed by atoms with Crippen LogP contribution in [0.1, 0.15) is 25.3 Å². The van der Waals surface area contributed by atoms with Gasteiger partial charge >= 0.3 is 0 Å². The molecule has 1 heterocycles. The van der Waals surface area contributed by atoms with Crippen LogP contribution in [0.3, 0.4) is 0 Å². The van der Waals surface area contributed by atoms with E-state index in [1.165, 1.54) is 0 Å². The Kier molecular flexibility index (Phi) is 4.78. The number of sulfonamides is 1. The summed E-state index contributed by atoms with van der Waals surface area (Å²) in [5, 5.41) is 2.71. The molecular formula is C18H20N2O4S. The number of ether oxygens (including phenoxy) is 1. The first-order chi connectivity index (χ1) is 11.9. The molecule has 0 spiro atoms. The molecule has 2 aromatic rings. The lowest BCUT2D eigenvalue weighted by Crippen LogP contribution is -2.45. The van der Waals surface area contributed by atoms with Gasteiger partial charge in [-0.3, -0.25) is 4.79 Å². The Morgan fingerprint density at radius 1 is 1.12 bits per heavy atom. The summed E-state index contributed by atoms with van der Waals surface area (Å²) in [5.41, 5.74) is 1.64. The van der Waals surface area contributed by atoms with E-state index in [1.807, 2.05) is 13.8 Å². The van der Waals surface area contributed by atoms with Crippen LogP contribution in [-0.4, -0.2) is 27.0 Å². The van der Waals surface area contributed by atoms with E-state index in [9.17, 15) is 13.2 Å². The van der Waals surface area contributed by atoms with Crippen molar-refractivity contribution in [2.24, 2.45) is 0 Å². The highest BCUT2D eigenvalue weighted by atomic mass is 32.2. The molecule has 0 saturated carbocycles. The molecule has 1 aliphatic rings. The zero-order chi connectivity index (χ0) is 18.0. The predicted molar refractivity (Wildman–Crippen MR) is 95.2 cm³/mol. The van der Waals surface area contributed by atoms with Gasteiger partial charge in [0.1, 0.15) is 5.75 Å². The fraction of sp³-hybridized carbons (Fsp3) is 0.278. The van der Waals surface area contributed by atoms with E-state index in [1.54, 1.807) is 48.5 Å². The fourth-order valence-corrected chi connectivity index (χ4v) is 3.56. The van der Waals surface area contributed by atoms with Crippen molar-refractivity contribution in [2.75, 3.05) is 11.9 Å². The number of hydrogen-bond acceptors (Lipinski definition) is 4. The van der Waals surface area contributed by atoms with E-state index in [2.05, 4.69) is 10.0 Å². The Balaban J connectivity index is 1.69. The monoisotopic (exact) mass is 360 g/mol. The van der Waals surface area contributed by atoms with Crippen LogP contribution in [0, 0.1) is 0 Å². The summed E-state index contributed by atoms with van der Waals surface area (Å²) in [5.74, 6) is 0.466. The lowest BCUT2D eigenvalue weighted by atomic mass is 10.0. The molecule has 0 fully saturated rings. The number of hydrogen-bond donors (Lipinski definition) is 2. The molecule has 0 bridgehead atoms. The average Bonchev–Trinajstić information content (AvgIpc) is 2.60. The van der Waals surface area contributed by atoms with Crippen molar-refractivity contribution in [3.63, 3.8) is 0 Å². The van der Waals surface area contributed by atoms with Gasteiger partial charge in [-0.1, -0.05) is 38.1 Å². The smallest absolute Gasteiger partial charge is 0.266 e. The van der Waals surface area contributed by atoms with Crippen molar-refractivity contribution in [1.29, 1.82) is 0 Å². The molecular weight excluding hydrogens is 340 g/mol. The first-order valence-corrected chi connectivity index (χ1v) is 9.51. The maximum atomic E-state index is 12.4. The van der Waals surface area contributed by atoms with Gasteiger partial charge in [0.15, 0.2) is 6.10 Å². The standard InChI is InChI=1S/C18H20N2O4S/c1-12(2)13-7-9-14(10-8-13)25(22,23)19-11-17-18(21)20-15-5-3-4-6-16(15)24-17/h3-10,12,17,19H,11H2,1-2H3,(H,20,21). The lowest BCUT2D eigenvalue weighted by molar-refractivity contribution is -0.123. The van der Waals surface area contributed by atoms with Crippen molar-refractivity contribution in [3.8, 4) is 5.75 Å². The highest BCUT2D eigenvalue weighted by molar-refractivity contribution is 7.89. The van der Waals surface area contributed by atoms with Gasteiger partial charge < -0.3 is 10.1 Å². The number of carbonyl (C=O) groups is 1. The minimum atomic E-state index is -3.71. The third-order valence-electron chi connectivity index (χ3n) is 4.02. The number of para-hydroxylation sites is 2. The van der Waals surface area contributed by atoms with Crippen molar-refractivity contribution >= 4 is 21.6 Å². The normalized spacial score (nSPS) is 16.9. The second kappa shape index (κ2) is 6.85. The molecule has 3 rings (SSSR count). The second-order valence-corrected chi connectivity index (χ2v) is 7.93. The van der Waals surface area contributed by atoms with Crippen LogP contribution in [0.4, 0.5) is 5.69 Å². The number of anilines is 1. The van der Waals surface area contributed by atoms with Crippen LogP contribution in [-0.2, 0) is 14.8 Å². The van der Waals surface area contributed by atoms with Crippen LogP contribution in [0.15, 0.2) is 53.4 Å². The molecule has 0 saturated heterocycles. The van der Waals surface area contributed by atoms with Crippen molar-refractivity contribution in [1.82, 2.24) is 4.72 Å². The summed E-state index contributed by atoms with van der Waals surface area (Å²) < 4.78 is 32.8. The van der Waals surface area contributed by atoms with Gasteiger partial charge in [-0.25, -0.2) is 13.1 Å². The number of fused-ring (bicyclic) bond motifs is 1. The maximum absolute atomic E-state index is 12.4. The molecule has 6 nitrogen and oxygen atoms in total. The number of carbonyl (C=O) groups excluding carboxylic acids is 1. The van der Waals surface area contributed by atoms with Gasteiger partial charge in [0, 0.05) is 0 Å². The summed E-state index contributed by atoms with van der Waals surface area (Å²) in [6.07, 6.45) is -0.917. The van der Waals surface area contributed by atoms with Crippen LogP contribution >= 0.6 is 0 Å². The van der Waals surface area contributed by atoms with E-state index >= 15 is 0 Å². The Morgan fingerprint density at radius 2 is 1.80 bits per heavy atom. The van der Waals surface area contributed by atoms with Crippen LogP contribution in [0.2, 0.25) is 0 Å². The summed E-state index contributed by atoms with van der Waals surface area (Å²) in [6.45, 7) is 3.94. The van der Waals surface area contributed by atoms with Crippen molar-refractivity contribution in [2.45, 2.75) is 30.8 Å². The SMILES string of the molecule is CC(C)c1ccc(S(=O)(=O)NCC2Oc3ccccc3NC2=O)cc1. The molecule has 0 aromatic heterocycles. The van der Waals surface area contributed by atoms with Crippen LogP contribution < -0.4 is 14.8 Å². The fourth-order valence-electron chi connectivity index (χ4n) is 2.53. The zero-order valence-corrected chi connectivity index (χ0v) is 14.8. The van der Waals surface area contributed by atoms with Crippen molar-refractivity contribution in [3.05, 3.63) is 54.1 Å². The first kappa shape index (κ1) is 17.4. The minimum absolute atomic E-state index is 0.144. The quantitative estimate of drug-likeness (QED) is 0.858. The minimum Gasteiger partial charge on any atom is -0.477 e. The van der Waals surface area contributed by atoms with Gasteiger partial charge in [0.2, 0.25) is 10.0 Å². The molecule has 25 heavy (non-hydrogen) atoms. The molecule has 1 amide bonds. The molecule has 1 atom stereocenters. The van der Waals surface area contributed by atoms with E-state index in [0.29, 0.717) is 17.4 Å². The Hall–Kier alpha value is -2.38. The summed E-state index contributed by atoms with van der Waals surface area (Å²) in [7, 11) is -3.71. The third-order valence-corrected chi connectivity index (χ3v) is 5.46.